The zero-order valence-electron chi connectivity index (χ0n) is 30.5. The molecule has 1 aromatic heterocycles. The molecule has 3 unspecified atom stereocenters. The van der Waals surface area contributed by atoms with Crippen LogP contribution < -0.4 is 5.56 Å². The number of aliphatic hydroxyl groups excluding tert-OH is 2. The van der Waals surface area contributed by atoms with Crippen molar-refractivity contribution < 1.29 is 44.3 Å². The molecule has 0 spiro atoms. The molecule has 0 radical (unpaired) electrons. The van der Waals surface area contributed by atoms with Gasteiger partial charge >= 0.3 is 11.9 Å². The predicted molar refractivity (Wildman–Crippen MR) is 208 cm³/mol. The SMILES string of the molecule is CCN(CC)CCN(Cc1ccc(-c2ccc(Cl)cc2)cc1)C(=O)CCC(CSCc1ccc(F)cc1)c1ncc(O)c(=O)[nH]1.O=C(O)C(O)C(O)C(=O)O. The average Bonchev–Trinajstić information content (AvgIpc) is 3.18. The second-order valence-corrected chi connectivity index (χ2v) is 13.9. The Balaban J connectivity index is 0.000000712. The maximum Gasteiger partial charge on any atom is 0.335 e. The summed E-state index contributed by atoms with van der Waals surface area (Å²) in [6, 6.07) is 22.3. The number of carboxylic acids is 2. The topological polar surface area (TPSA) is 205 Å². The van der Waals surface area contributed by atoms with Crippen LogP contribution >= 0.6 is 23.4 Å². The molecule has 55 heavy (non-hydrogen) atoms. The van der Waals surface area contributed by atoms with E-state index in [1.807, 2.05) is 29.2 Å². The summed E-state index contributed by atoms with van der Waals surface area (Å²) in [6.07, 6.45) is -2.64. The molecule has 0 aliphatic rings. The molecule has 4 aromatic rings. The predicted octanol–water partition coefficient (Wildman–Crippen LogP) is 4.98. The third-order valence-corrected chi connectivity index (χ3v) is 10.1. The van der Waals surface area contributed by atoms with Gasteiger partial charge in [0.05, 0.1) is 6.20 Å². The molecule has 13 nitrogen and oxygen atoms in total. The summed E-state index contributed by atoms with van der Waals surface area (Å²) in [4.78, 5) is 56.7. The summed E-state index contributed by atoms with van der Waals surface area (Å²) in [6.45, 7) is 7.89. The number of H-pyrrole nitrogens is 1. The van der Waals surface area contributed by atoms with Crippen molar-refractivity contribution >= 4 is 41.2 Å². The van der Waals surface area contributed by atoms with E-state index in [1.54, 1.807) is 23.9 Å². The van der Waals surface area contributed by atoms with E-state index in [1.165, 1.54) is 12.1 Å². The number of halogens is 2. The van der Waals surface area contributed by atoms with Crippen molar-refractivity contribution in [3.05, 3.63) is 117 Å². The summed E-state index contributed by atoms with van der Waals surface area (Å²) in [5.74, 6) is -2.80. The smallest absolute Gasteiger partial charge is 0.335 e. The Morgan fingerprint density at radius 3 is 1.93 bits per heavy atom. The first-order chi connectivity index (χ1) is 26.2. The Morgan fingerprint density at radius 2 is 1.40 bits per heavy atom. The number of likely N-dealkylation sites (N-methyl/N-ethyl adjacent to an activating group) is 1. The lowest BCUT2D eigenvalue weighted by atomic mass is 10.0. The normalized spacial score (nSPS) is 12.6. The largest absolute Gasteiger partial charge is 0.502 e. The number of benzene rings is 3. The lowest BCUT2D eigenvalue weighted by Gasteiger charge is -2.27. The van der Waals surface area contributed by atoms with E-state index in [9.17, 15) is 28.7 Å². The van der Waals surface area contributed by atoms with Crippen LogP contribution in [0.1, 0.15) is 49.6 Å². The lowest BCUT2D eigenvalue weighted by molar-refractivity contribution is -0.165. The molecule has 296 valence electrons. The van der Waals surface area contributed by atoms with Gasteiger partial charge in [-0.2, -0.15) is 11.8 Å². The van der Waals surface area contributed by atoms with Crippen molar-refractivity contribution in [3.8, 4) is 16.9 Å². The molecule has 16 heteroatoms. The monoisotopic (exact) mass is 800 g/mol. The molecule has 1 heterocycles. The second kappa shape index (κ2) is 22.5. The molecule has 0 aliphatic carbocycles. The van der Waals surface area contributed by atoms with E-state index in [2.05, 4.69) is 53.0 Å². The average molecular weight is 801 g/mol. The first kappa shape index (κ1) is 44.6. The highest BCUT2D eigenvalue weighted by atomic mass is 35.5. The molecule has 0 bridgehead atoms. The van der Waals surface area contributed by atoms with Gasteiger partial charge in [-0.3, -0.25) is 9.59 Å². The van der Waals surface area contributed by atoms with E-state index in [4.69, 9.17) is 32.0 Å². The number of nitrogens with one attached hydrogen (secondary N) is 1. The lowest BCUT2D eigenvalue weighted by Crippen LogP contribution is -2.39. The highest BCUT2D eigenvalue weighted by Crippen LogP contribution is 2.27. The Morgan fingerprint density at radius 1 is 0.855 bits per heavy atom. The number of aromatic hydroxyl groups is 1. The number of carbonyl (C=O) groups is 3. The van der Waals surface area contributed by atoms with Crippen LogP contribution in [0.25, 0.3) is 11.1 Å². The van der Waals surface area contributed by atoms with Crippen LogP contribution in [0.4, 0.5) is 4.39 Å². The zero-order valence-corrected chi connectivity index (χ0v) is 32.0. The Labute approximate surface area is 327 Å². The zero-order chi connectivity index (χ0) is 40.5. The van der Waals surface area contributed by atoms with Crippen molar-refractivity contribution in [1.82, 2.24) is 19.8 Å². The van der Waals surface area contributed by atoms with E-state index >= 15 is 0 Å². The third-order valence-electron chi connectivity index (χ3n) is 8.64. The van der Waals surface area contributed by atoms with Gasteiger partial charge in [-0.1, -0.05) is 74.0 Å². The number of carbonyl (C=O) groups excluding carboxylic acids is 1. The van der Waals surface area contributed by atoms with Crippen molar-refractivity contribution in [2.45, 2.75) is 57.1 Å². The number of aliphatic hydroxyl groups is 2. The first-order valence-corrected chi connectivity index (χ1v) is 19.0. The number of nitrogens with zero attached hydrogens (tertiary/aromatic N) is 3. The third kappa shape index (κ3) is 14.8. The van der Waals surface area contributed by atoms with Crippen molar-refractivity contribution in [1.29, 1.82) is 0 Å². The number of amides is 1. The number of aliphatic carboxylic acids is 2. The minimum Gasteiger partial charge on any atom is -0.502 e. The van der Waals surface area contributed by atoms with Gasteiger partial charge in [-0.15, -0.1) is 0 Å². The molecule has 6 N–H and O–H groups in total. The minimum atomic E-state index is -2.27. The highest BCUT2D eigenvalue weighted by Gasteiger charge is 2.29. The standard InChI is InChI=1S/C35H40ClFN4O3S.C4H6O6/c1-3-40(4-2)19-20-41(22-25-5-9-27(10-6-25)28-11-14-30(36)15-12-28)33(43)18-13-29(34-38-21-32(42)35(44)39-34)24-45-23-26-7-16-31(37)17-8-26;5-1(3(7)8)2(6)4(9)10/h5-12,14-17,21,29,42H,3-4,13,18-20,22-24H2,1-2H3,(H,38,39,44);1-2,5-6H,(H,7,8)(H,9,10). The molecule has 0 fully saturated rings. The van der Waals surface area contributed by atoms with E-state index in [-0.39, 0.29) is 24.1 Å². The number of thioether (sulfide) groups is 1. The summed E-state index contributed by atoms with van der Waals surface area (Å²) >= 11 is 7.67. The van der Waals surface area contributed by atoms with Crippen molar-refractivity contribution in [2.24, 2.45) is 0 Å². The van der Waals surface area contributed by atoms with Gasteiger partial charge in [-0.25, -0.2) is 19.0 Å². The summed E-state index contributed by atoms with van der Waals surface area (Å²) in [5.41, 5.74) is 3.56. The van der Waals surface area contributed by atoms with Gasteiger partial charge in [0.25, 0.3) is 5.56 Å². The van der Waals surface area contributed by atoms with Gasteiger partial charge < -0.3 is 40.3 Å². The van der Waals surface area contributed by atoms with Crippen LogP contribution in [0.15, 0.2) is 83.8 Å². The Hall–Kier alpha value is -4.80. The molecule has 4 rings (SSSR count). The number of carboxylic acid groups (broad SMARTS) is 2. The van der Waals surface area contributed by atoms with Crippen molar-refractivity contribution in [3.63, 3.8) is 0 Å². The summed E-state index contributed by atoms with van der Waals surface area (Å²) < 4.78 is 13.3. The summed E-state index contributed by atoms with van der Waals surface area (Å²) in [7, 11) is 0. The van der Waals surface area contributed by atoms with Gasteiger partial charge in [0.1, 0.15) is 11.6 Å². The number of aromatic amines is 1. The highest BCUT2D eigenvalue weighted by molar-refractivity contribution is 7.98. The quantitative estimate of drug-likeness (QED) is 0.0744. The van der Waals surface area contributed by atoms with Gasteiger partial charge in [0.15, 0.2) is 18.0 Å². The van der Waals surface area contributed by atoms with Crippen LogP contribution in [0.2, 0.25) is 5.02 Å². The minimum absolute atomic E-state index is 0.0265. The molecule has 0 saturated heterocycles. The fourth-order valence-corrected chi connectivity index (χ4v) is 6.57. The maximum atomic E-state index is 13.8. The van der Waals surface area contributed by atoms with E-state index in [0.717, 1.165) is 48.1 Å². The Kier molecular flexibility index (Phi) is 18.3. The number of hydrogen-bond acceptors (Lipinski definition) is 10. The fraction of sp³-hybridized carbons (Fsp3) is 0.359. The first-order valence-electron chi connectivity index (χ1n) is 17.5. The van der Waals surface area contributed by atoms with Gasteiger partial charge in [0, 0.05) is 48.5 Å². The molecule has 0 saturated carbocycles. The van der Waals surface area contributed by atoms with Gasteiger partial charge in [-0.05, 0) is 66.0 Å². The molecule has 0 aliphatic heterocycles. The van der Waals surface area contributed by atoms with Crippen molar-refractivity contribution in [2.75, 3.05) is 31.9 Å². The molecule has 3 aromatic carbocycles. The fourth-order valence-electron chi connectivity index (χ4n) is 5.29. The van der Waals surface area contributed by atoms with E-state index < -0.39 is 35.5 Å². The molecular weight excluding hydrogens is 755 g/mol. The van der Waals surface area contributed by atoms with Crippen LogP contribution in [0.5, 0.6) is 5.75 Å². The molecule has 1 amide bonds. The summed E-state index contributed by atoms with van der Waals surface area (Å²) in [5, 5.41) is 42.9. The van der Waals surface area contributed by atoms with Crippen LogP contribution in [0.3, 0.4) is 0 Å². The molecule has 3 atom stereocenters. The number of aromatic nitrogens is 2. The second-order valence-electron chi connectivity index (χ2n) is 12.5. The number of rotatable bonds is 19. The molecular formula is C39H46ClFN4O9S. The van der Waals surface area contributed by atoms with Crippen LogP contribution in [0, 0.1) is 5.82 Å². The van der Waals surface area contributed by atoms with Crippen LogP contribution in [-0.2, 0) is 26.7 Å². The number of hydrogen-bond donors (Lipinski definition) is 6. The maximum absolute atomic E-state index is 13.8. The van der Waals surface area contributed by atoms with Gasteiger partial charge in [0.2, 0.25) is 5.91 Å². The van der Waals surface area contributed by atoms with Crippen LogP contribution in [-0.4, -0.2) is 107 Å². The van der Waals surface area contributed by atoms with E-state index in [0.29, 0.717) is 41.9 Å². The Bertz CT molecular complexity index is 1860.